The number of hydrogen-bond acceptors (Lipinski definition) is 2. The summed E-state index contributed by atoms with van der Waals surface area (Å²) in [6.45, 7) is 0. The van der Waals surface area contributed by atoms with Gasteiger partial charge in [-0.05, 0) is 0 Å². The number of imidazole rings is 1. The zero-order valence-corrected chi connectivity index (χ0v) is 7.81. The third kappa shape index (κ3) is 1.27. The number of hydrogen-bond donors (Lipinski definition) is 0. The van der Waals surface area contributed by atoms with Gasteiger partial charge >= 0.3 is 0 Å². The van der Waals surface area contributed by atoms with Crippen LogP contribution in [0.3, 0.4) is 0 Å². The fraction of sp³-hybridized carbons (Fsp3) is 0.0909. The summed E-state index contributed by atoms with van der Waals surface area (Å²) >= 11 is 0. The van der Waals surface area contributed by atoms with Crippen molar-refractivity contribution in [3.63, 3.8) is 0 Å². The molecule has 0 spiro atoms. The zero-order chi connectivity index (χ0) is 9.97. The minimum Gasteiger partial charge on any atom is -0.319 e. The molecule has 0 saturated heterocycles. The normalized spacial score (nSPS) is 9.71. The first-order valence-electron chi connectivity index (χ1n) is 4.30. The number of nitriles is 1. The average molecular weight is 183 g/mol. The van der Waals surface area contributed by atoms with Crippen molar-refractivity contribution in [2.45, 2.75) is 0 Å². The average Bonchev–Trinajstić information content (AvgIpc) is 2.61. The van der Waals surface area contributed by atoms with Crippen molar-refractivity contribution in [1.29, 1.82) is 5.26 Å². The third-order valence-corrected chi connectivity index (χ3v) is 2.13. The van der Waals surface area contributed by atoms with Gasteiger partial charge in [-0.25, -0.2) is 4.98 Å². The van der Waals surface area contributed by atoms with Gasteiger partial charge in [0.1, 0.15) is 17.6 Å². The van der Waals surface area contributed by atoms with E-state index in [1.54, 1.807) is 10.8 Å². The van der Waals surface area contributed by atoms with E-state index in [2.05, 4.69) is 11.1 Å². The highest BCUT2D eigenvalue weighted by atomic mass is 15.1. The molecule has 0 saturated carbocycles. The molecular weight excluding hydrogens is 174 g/mol. The Bertz CT molecular complexity index is 477. The van der Waals surface area contributed by atoms with E-state index in [0.29, 0.717) is 5.69 Å². The molecule has 1 aromatic carbocycles. The van der Waals surface area contributed by atoms with E-state index in [0.717, 1.165) is 11.4 Å². The van der Waals surface area contributed by atoms with Crippen LogP contribution in [0.5, 0.6) is 0 Å². The Balaban J connectivity index is 2.54. The summed E-state index contributed by atoms with van der Waals surface area (Å²) in [4.78, 5) is 4.20. The number of nitrogens with zero attached hydrogens (tertiary/aromatic N) is 3. The molecule has 0 radical (unpaired) electrons. The largest absolute Gasteiger partial charge is 0.319 e. The van der Waals surface area contributed by atoms with Crippen molar-refractivity contribution < 1.29 is 0 Å². The Morgan fingerprint density at radius 3 is 2.57 bits per heavy atom. The van der Waals surface area contributed by atoms with E-state index >= 15 is 0 Å². The molecule has 0 fully saturated rings. The summed E-state index contributed by atoms with van der Waals surface area (Å²) < 4.78 is 1.79. The first-order valence-corrected chi connectivity index (χ1v) is 4.30. The lowest BCUT2D eigenvalue weighted by molar-refractivity contribution is 0.907. The van der Waals surface area contributed by atoms with Crippen LogP contribution in [-0.4, -0.2) is 9.55 Å². The lowest BCUT2D eigenvalue weighted by atomic mass is 10.2. The van der Waals surface area contributed by atoms with Crippen LogP contribution in [0.25, 0.3) is 11.4 Å². The van der Waals surface area contributed by atoms with Crippen LogP contribution < -0.4 is 0 Å². The fourth-order valence-corrected chi connectivity index (χ4v) is 1.37. The fourth-order valence-electron chi connectivity index (χ4n) is 1.37. The molecule has 0 aliphatic rings. The monoisotopic (exact) mass is 183 g/mol. The van der Waals surface area contributed by atoms with Crippen LogP contribution in [0.15, 0.2) is 36.5 Å². The van der Waals surface area contributed by atoms with Gasteiger partial charge in [0, 0.05) is 12.6 Å². The molecule has 0 amide bonds. The van der Waals surface area contributed by atoms with E-state index in [4.69, 9.17) is 5.26 Å². The molecule has 1 heterocycles. The van der Waals surface area contributed by atoms with Gasteiger partial charge < -0.3 is 4.57 Å². The maximum atomic E-state index is 8.77. The molecule has 68 valence electrons. The second-order valence-electron chi connectivity index (χ2n) is 3.00. The molecule has 0 bridgehead atoms. The van der Waals surface area contributed by atoms with Crippen LogP contribution in [0, 0.1) is 11.3 Å². The molecule has 3 nitrogen and oxygen atoms in total. The first-order chi connectivity index (χ1) is 6.83. The van der Waals surface area contributed by atoms with Gasteiger partial charge in [-0.3, -0.25) is 0 Å². The Kier molecular flexibility index (Phi) is 2.04. The molecule has 14 heavy (non-hydrogen) atoms. The van der Waals surface area contributed by atoms with Gasteiger partial charge in [-0.1, -0.05) is 30.3 Å². The van der Waals surface area contributed by atoms with Crippen molar-refractivity contribution in [3.05, 3.63) is 42.2 Å². The Hall–Kier alpha value is -2.08. The first kappa shape index (κ1) is 8.52. The van der Waals surface area contributed by atoms with E-state index in [9.17, 15) is 0 Å². The third-order valence-electron chi connectivity index (χ3n) is 2.13. The summed E-state index contributed by atoms with van der Waals surface area (Å²) in [6.07, 6.45) is 1.59. The standard InChI is InChI=1S/C11H9N3/c1-14-10(7-12)8-13-11(14)9-5-3-2-4-6-9/h2-6,8H,1H3. The van der Waals surface area contributed by atoms with Crippen LogP contribution in [0.4, 0.5) is 0 Å². The van der Waals surface area contributed by atoms with Gasteiger partial charge in [-0.2, -0.15) is 5.26 Å². The van der Waals surface area contributed by atoms with Crippen molar-refractivity contribution in [1.82, 2.24) is 9.55 Å². The number of rotatable bonds is 1. The minimum atomic E-state index is 0.573. The summed E-state index contributed by atoms with van der Waals surface area (Å²) in [5.41, 5.74) is 1.60. The molecule has 0 aliphatic heterocycles. The van der Waals surface area contributed by atoms with E-state index in [1.807, 2.05) is 37.4 Å². The van der Waals surface area contributed by atoms with E-state index in [-0.39, 0.29) is 0 Å². The summed E-state index contributed by atoms with van der Waals surface area (Å²) in [5.74, 6) is 0.821. The second kappa shape index (κ2) is 3.35. The molecule has 0 aliphatic carbocycles. The molecule has 0 N–H and O–H groups in total. The number of benzene rings is 1. The molecule has 2 aromatic rings. The zero-order valence-electron chi connectivity index (χ0n) is 7.81. The smallest absolute Gasteiger partial charge is 0.140 e. The highest BCUT2D eigenvalue weighted by Gasteiger charge is 2.06. The Morgan fingerprint density at radius 2 is 2.00 bits per heavy atom. The van der Waals surface area contributed by atoms with Gasteiger partial charge in [0.15, 0.2) is 0 Å². The molecule has 1 aromatic heterocycles. The predicted molar refractivity (Wildman–Crippen MR) is 53.4 cm³/mol. The number of aromatic nitrogens is 2. The molecule has 0 atom stereocenters. The van der Waals surface area contributed by atoms with Crippen molar-refractivity contribution in [3.8, 4) is 17.5 Å². The maximum Gasteiger partial charge on any atom is 0.140 e. The van der Waals surface area contributed by atoms with Crippen molar-refractivity contribution >= 4 is 0 Å². The Labute approximate surface area is 82.2 Å². The molecule has 2 rings (SSSR count). The van der Waals surface area contributed by atoms with Gasteiger partial charge in [0.2, 0.25) is 0 Å². The highest BCUT2D eigenvalue weighted by Crippen LogP contribution is 2.17. The van der Waals surface area contributed by atoms with Gasteiger partial charge in [-0.15, -0.1) is 0 Å². The quantitative estimate of drug-likeness (QED) is 0.678. The molecular formula is C11H9N3. The Morgan fingerprint density at radius 1 is 1.29 bits per heavy atom. The summed E-state index contributed by atoms with van der Waals surface area (Å²) in [5, 5.41) is 8.77. The second-order valence-corrected chi connectivity index (χ2v) is 3.00. The van der Waals surface area contributed by atoms with Crippen LogP contribution in [-0.2, 0) is 7.05 Å². The summed E-state index contributed by atoms with van der Waals surface area (Å²) in [7, 11) is 1.84. The predicted octanol–water partition coefficient (Wildman–Crippen LogP) is 1.96. The SMILES string of the molecule is Cn1c(C#N)cnc1-c1ccccc1. The molecule has 0 unspecified atom stereocenters. The van der Waals surface area contributed by atoms with Gasteiger partial charge in [0.05, 0.1) is 6.20 Å². The van der Waals surface area contributed by atoms with E-state index < -0.39 is 0 Å². The van der Waals surface area contributed by atoms with E-state index in [1.165, 1.54) is 0 Å². The maximum absolute atomic E-state index is 8.77. The topological polar surface area (TPSA) is 41.6 Å². The molecule has 3 heteroatoms. The van der Waals surface area contributed by atoms with Crippen molar-refractivity contribution in [2.24, 2.45) is 7.05 Å². The van der Waals surface area contributed by atoms with Crippen molar-refractivity contribution in [2.75, 3.05) is 0 Å². The highest BCUT2D eigenvalue weighted by molar-refractivity contribution is 5.56. The minimum absolute atomic E-state index is 0.573. The van der Waals surface area contributed by atoms with Crippen LogP contribution in [0.2, 0.25) is 0 Å². The van der Waals surface area contributed by atoms with Crippen LogP contribution in [0.1, 0.15) is 5.69 Å². The van der Waals surface area contributed by atoms with Gasteiger partial charge in [0.25, 0.3) is 0 Å². The lowest BCUT2D eigenvalue weighted by Gasteiger charge is -2.01. The van der Waals surface area contributed by atoms with Crippen LogP contribution >= 0.6 is 0 Å². The lowest BCUT2D eigenvalue weighted by Crippen LogP contribution is -1.94. The summed E-state index contributed by atoms with van der Waals surface area (Å²) in [6, 6.07) is 11.9.